The molecule has 0 radical (unpaired) electrons. The van der Waals surface area contributed by atoms with Crippen molar-refractivity contribution in [3.8, 4) is 0 Å². The van der Waals surface area contributed by atoms with E-state index in [9.17, 15) is 9.18 Å². The number of benzene rings is 1. The zero-order valence-corrected chi connectivity index (χ0v) is 11.9. The maximum Gasteiger partial charge on any atom is 0.219 e. The molecule has 2 rings (SSSR count). The zero-order chi connectivity index (χ0) is 13.1. The lowest BCUT2D eigenvalue weighted by Crippen LogP contribution is -2.47. The van der Waals surface area contributed by atoms with E-state index in [1.54, 1.807) is 13.0 Å². The SMILES string of the molecule is CC(=O)N1CCN(Cc2cc(Br)ccc2F)CC1. The van der Waals surface area contributed by atoms with Gasteiger partial charge in [0, 0.05) is 49.7 Å². The van der Waals surface area contributed by atoms with E-state index >= 15 is 0 Å². The molecule has 1 amide bonds. The molecule has 1 aromatic rings. The fourth-order valence-electron chi connectivity index (χ4n) is 2.13. The predicted molar refractivity (Wildman–Crippen MR) is 71.6 cm³/mol. The molecule has 1 aliphatic heterocycles. The van der Waals surface area contributed by atoms with Crippen LogP contribution in [0, 0.1) is 5.82 Å². The number of nitrogens with zero attached hydrogens (tertiary/aromatic N) is 2. The number of amides is 1. The molecule has 0 spiro atoms. The van der Waals surface area contributed by atoms with Gasteiger partial charge in [0.1, 0.15) is 5.82 Å². The van der Waals surface area contributed by atoms with Gasteiger partial charge in [-0.15, -0.1) is 0 Å². The Kier molecular flexibility index (Phi) is 4.35. The van der Waals surface area contributed by atoms with E-state index in [0.717, 1.165) is 30.7 Å². The Morgan fingerprint density at radius 1 is 1.33 bits per heavy atom. The first kappa shape index (κ1) is 13.5. The van der Waals surface area contributed by atoms with Crippen LogP contribution in [0.2, 0.25) is 0 Å². The lowest BCUT2D eigenvalue weighted by Gasteiger charge is -2.34. The van der Waals surface area contributed by atoms with Gasteiger partial charge in [0.05, 0.1) is 0 Å². The van der Waals surface area contributed by atoms with E-state index in [0.29, 0.717) is 12.1 Å². The van der Waals surface area contributed by atoms with Crippen LogP contribution in [-0.2, 0) is 11.3 Å². The molecule has 0 atom stereocenters. The lowest BCUT2D eigenvalue weighted by molar-refractivity contribution is -0.130. The number of carbonyl (C=O) groups is 1. The number of carbonyl (C=O) groups excluding carboxylic acids is 1. The van der Waals surface area contributed by atoms with E-state index in [4.69, 9.17) is 0 Å². The smallest absolute Gasteiger partial charge is 0.219 e. The van der Waals surface area contributed by atoms with Crippen molar-refractivity contribution in [1.29, 1.82) is 0 Å². The molecule has 5 heteroatoms. The average Bonchev–Trinajstić information content (AvgIpc) is 2.34. The summed E-state index contributed by atoms with van der Waals surface area (Å²) >= 11 is 3.35. The topological polar surface area (TPSA) is 23.6 Å². The van der Waals surface area contributed by atoms with E-state index in [1.165, 1.54) is 6.07 Å². The Hall–Kier alpha value is -0.940. The van der Waals surface area contributed by atoms with Crippen LogP contribution >= 0.6 is 15.9 Å². The van der Waals surface area contributed by atoms with Crippen molar-refractivity contribution < 1.29 is 9.18 Å². The van der Waals surface area contributed by atoms with Gasteiger partial charge in [-0.25, -0.2) is 4.39 Å². The summed E-state index contributed by atoms with van der Waals surface area (Å²) in [5, 5.41) is 0. The van der Waals surface area contributed by atoms with E-state index in [2.05, 4.69) is 20.8 Å². The largest absolute Gasteiger partial charge is 0.340 e. The highest BCUT2D eigenvalue weighted by Gasteiger charge is 2.19. The third kappa shape index (κ3) is 3.29. The van der Waals surface area contributed by atoms with Gasteiger partial charge >= 0.3 is 0 Å². The van der Waals surface area contributed by atoms with Crippen molar-refractivity contribution in [3.05, 3.63) is 34.1 Å². The van der Waals surface area contributed by atoms with Gasteiger partial charge in [-0.3, -0.25) is 9.69 Å². The second kappa shape index (κ2) is 5.80. The van der Waals surface area contributed by atoms with Crippen molar-refractivity contribution in [2.75, 3.05) is 26.2 Å². The van der Waals surface area contributed by atoms with Crippen LogP contribution in [0.15, 0.2) is 22.7 Å². The normalized spacial score (nSPS) is 16.9. The third-order valence-corrected chi connectivity index (χ3v) is 3.71. The second-order valence-corrected chi connectivity index (χ2v) is 5.43. The molecule has 1 heterocycles. The average molecular weight is 315 g/mol. The van der Waals surface area contributed by atoms with Gasteiger partial charge in [0.2, 0.25) is 5.91 Å². The minimum atomic E-state index is -0.174. The standard InChI is InChI=1S/C13H16BrFN2O/c1-10(18)17-6-4-16(5-7-17)9-11-8-12(14)2-3-13(11)15/h2-3,8H,4-7,9H2,1H3. The Morgan fingerprint density at radius 3 is 2.61 bits per heavy atom. The van der Waals surface area contributed by atoms with E-state index in [1.807, 2.05) is 11.0 Å². The molecule has 0 saturated carbocycles. The van der Waals surface area contributed by atoms with Crippen molar-refractivity contribution >= 4 is 21.8 Å². The molecule has 1 saturated heterocycles. The summed E-state index contributed by atoms with van der Waals surface area (Å²) in [7, 11) is 0. The Bertz CT molecular complexity index is 445. The quantitative estimate of drug-likeness (QED) is 0.836. The molecule has 0 unspecified atom stereocenters. The minimum Gasteiger partial charge on any atom is -0.340 e. The summed E-state index contributed by atoms with van der Waals surface area (Å²) in [5.41, 5.74) is 0.695. The maximum atomic E-state index is 13.6. The van der Waals surface area contributed by atoms with Crippen LogP contribution in [0.5, 0.6) is 0 Å². The van der Waals surface area contributed by atoms with Gasteiger partial charge in [0.15, 0.2) is 0 Å². The number of rotatable bonds is 2. The van der Waals surface area contributed by atoms with Crippen LogP contribution in [0.4, 0.5) is 4.39 Å². The van der Waals surface area contributed by atoms with Crippen molar-refractivity contribution in [3.63, 3.8) is 0 Å². The fourth-order valence-corrected chi connectivity index (χ4v) is 2.53. The fraction of sp³-hybridized carbons (Fsp3) is 0.462. The molecule has 1 fully saturated rings. The molecule has 0 N–H and O–H groups in total. The first-order chi connectivity index (χ1) is 8.56. The monoisotopic (exact) mass is 314 g/mol. The number of hydrogen-bond acceptors (Lipinski definition) is 2. The Labute approximate surface area is 115 Å². The van der Waals surface area contributed by atoms with Crippen LogP contribution in [0.25, 0.3) is 0 Å². The molecule has 18 heavy (non-hydrogen) atoms. The van der Waals surface area contributed by atoms with Gasteiger partial charge in [-0.05, 0) is 18.2 Å². The zero-order valence-electron chi connectivity index (χ0n) is 10.3. The molecule has 1 aromatic carbocycles. The lowest BCUT2D eigenvalue weighted by atomic mass is 10.2. The molecular formula is C13H16BrFN2O. The highest BCUT2D eigenvalue weighted by molar-refractivity contribution is 9.10. The Morgan fingerprint density at radius 2 is 2.00 bits per heavy atom. The molecule has 3 nitrogen and oxygen atoms in total. The predicted octanol–water partition coefficient (Wildman–Crippen LogP) is 2.25. The number of halogens is 2. The summed E-state index contributed by atoms with van der Waals surface area (Å²) in [6, 6.07) is 4.99. The maximum absolute atomic E-state index is 13.6. The molecular weight excluding hydrogens is 299 g/mol. The molecule has 98 valence electrons. The third-order valence-electron chi connectivity index (χ3n) is 3.22. The van der Waals surface area contributed by atoms with Crippen LogP contribution in [0.1, 0.15) is 12.5 Å². The van der Waals surface area contributed by atoms with Crippen LogP contribution < -0.4 is 0 Å². The summed E-state index contributed by atoms with van der Waals surface area (Å²) in [6.07, 6.45) is 0. The van der Waals surface area contributed by atoms with Gasteiger partial charge in [-0.2, -0.15) is 0 Å². The highest BCUT2D eigenvalue weighted by atomic mass is 79.9. The van der Waals surface area contributed by atoms with Gasteiger partial charge in [-0.1, -0.05) is 15.9 Å². The number of piperazine rings is 1. The summed E-state index contributed by atoms with van der Waals surface area (Å²) in [5.74, 6) is -0.0597. The first-order valence-electron chi connectivity index (χ1n) is 5.98. The summed E-state index contributed by atoms with van der Waals surface area (Å²) in [4.78, 5) is 15.2. The molecule has 0 aliphatic carbocycles. The molecule has 0 aromatic heterocycles. The number of hydrogen-bond donors (Lipinski definition) is 0. The van der Waals surface area contributed by atoms with Crippen LogP contribution in [0.3, 0.4) is 0 Å². The molecule has 1 aliphatic rings. The van der Waals surface area contributed by atoms with Crippen molar-refractivity contribution in [1.82, 2.24) is 9.80 Å². The first-order valence-corrected chi connectivity index (χ1v) is 6.77. The van der Waals surface area contributed by atoms with Crippen molar-refractivity contribution in [2.45, 2.75) is 13.5 Å². The Balaban J connectivity index is 1.95. The second-order valence-electron chi connectivity index (χ2n) is 4.52. The van der Waals surface area contributed by atoms with Crippen molar-refractivity contribution in [2.24, 2.45) is 0 Å². The summed E-state index contributed by atoms with van der Waals surface area (Å²) in [6.45, 7) is 5.23. The molecule has 0 bridgehead atoms. The van der Waals surface area contributed by atoms with Gasteiger partial charge in [0.25, 0.3) is 0 Å². The highest BCUT2D eigenvalue weighted by Crippen LogP contribution is 2.18. The summed E-state index contributed by atoms with van der Waals surface area (Å²) < 4.78 is 14.5. The van der Waals surface area contributed by atoms with Gasteiger partial charge < -0.3 is 4.90 Å². The van der Waals surface area contributed by atoms with Crippen LogP contribution in [-0.4, -0.2) is 41.9 Å². The van der Waals surface area contributed by atoms with E-state index in [-0.39, 0.29) is 11.7 Å². The minimum absolute atomic E-state index is 0.114. The van der Waals surface area contributed by atoms with E-state index < -0.39 is 0 Å².